The highest BCUT2D eigenvalue weighted by atomic mass is 32.1. The summed E-state index contributed by atoms with van der Waals surface area (Å²) in [6.07, 6.45) is 1.51. The molecule has 0 radical (unpaired) electrons. The Balaban J connectivity index is 1.35. The Kier molecular flexibility index (Phi) is 6.46. The van der Waals surface area contributed by atoms with E-state index in [0.29, 0.717) is 26.1 Å². The fourth-order valence-corrected chi connectivity index (χ4v) is 4.45. The average molecular weight is 440 g/mol. The summed E-state index contributed by atoms with van der Waals surface area (Å²) in [6.45, 7) is 6.17. The van der Waals surface area contributed by atoms with Crippen LogP contribution in [0.15, 0.2) is 48.5 Å². The van der Waals surface area contributed by atoms with Crippen LogP contribution in [0.1, 0.15) is 30.8 Å². The summed E-state index contributed by atoms with van der Waals surface area (Å²) in [6, 6.07) is 14.3. The number of amides is 2. The second-order valence-electron chi connectivity index (χ2n) is 7.77. The van der Waals surface area contributed by atoms with E-state index in [4.69, 9.17) is 0 Å². The summed E-state index contributed by atoms with van der Waals surface area (Å²) in [5, 5.41) is 3.88. The second kappa shape index (κ2) is 9.43. The number of nitrogens with zero attached hydrogens (tertiary/aromatic N) is 4. The van der Waals surface area contributed by atoms with Crippen LogP contribution in [-0.2, 0) is 12.8 Å². The van der Waals surface area contributed by atoms with Crippen molar-refractivity contribution >= 4 is 28.4 Å². The van der Waals surface area contributed by atoms with E-state index >= 15 is 0 Å². The minimum atomic E-state index is -0.246. The van der Waals surface area contributed by atoms with E-state index in [9.17, 15) is 9.18 Å². The van der Waals surface area contributed by atoms with Crippen LogP contribution in [0.2, 0.25) is 0 Å². The first-order valence-corrected chi connectivity index (χ1v) is 11.3. The third kappa shape index (κ3) is 5.19. The minimum Gasteiger partial charge on any atom is -0.343 e. The summed E-state index contributed by atoms with van der Waals surface area (Å²) < 4.78 is 17.5. The zero-order chi connectivity index (χ0) is 21.8. The van der Waals surface area contributed by atoms with E-state index in [-0.39, 0.29) is 17.9 Å². The van der Waals surface area contributed by atoms with E-state index in [1.54, 1.807) is 12.1 Å². The molecule has 1 atom stereocenters. The molecule has 4 rings (SSSR count). The molecule has 1 aliphatic heterocycles. The van der Waals surface area contributed by atoms with Gasteiger partial charge >= 0.3 is 6.03 Å². The lowest BCUT2D eigenvalue weighted by Crippen LogP contribution is -2.55. The molecule has 1 fully saturated rings. The van der Waals surface area contributed by atoms with Gasteiger partial charge < -0.3 is 15.1 Å². The lowest BCUT2D eigenvalue weighted by molar-refractivity contribution is 0.185. The number of piperazine rings is 1. The largest absolute Gasteiger partial charge is 0.343 e. The van der Waals surface area contributed by atoms with Gasteiger partial charge in [0.25, 0.3) is 0 Å². The van der Waals surface area contributed by atoms with Crippen LogP contribution in [0, 0.1) is 5.82 Å². The van der Waals surface area contributed by atoms with Crippen molar-refractivity contribution in [1.29, 1.82) is 0 Å². The average Bonchev–Trinajstić information content (AvgIpc) is 3.24. The molecule has 2 amide bonds. The molecule has 8 heteroatoms. The SMILES string of the molecule is CCc1cccc(NC(=O)N2CCN(c3nc(Cc4ccc(F)cc4)ns3)CC2C)c1. The number of rotatable bonds is 5. The molecule has 2 heterocycles. The van der Waals surface area contributed by atoms with Gasteiger partial charge in [0.2, 0.25) is 5.13 Å². The summed E-state index contributed by atoms with van der Waals surface area (Å²) in [5.41, 5.74) is 3.00. The van der Waals surface area contributed by atoms with Crippen LogP contribution in [-0.4, -0.2) is 46.0 Å². The molecule has 1 aromatic heterocycles. The molecule has 0 bridgehead atoms. The highest BCUT2D eigenvalue weighted by Crippen LogP contribution is 2.23. The number of carbonyl (C=O) groups excluding carboxylic acids is 1. The predicted octanol–water partition coefficient (Wildman–Crippen LogP) is 4.57. The molecular formula is C23H26FN5OS. The van der Waals surface area contributed by atoms with Crippen molar-refractivity contribution in [3.05, 3.63) is 71.3 Å². The van der Waals surface area contributed by atoms with Gasteiger partial charge in [0, 0.05) is 49.3 Å². The van der Waals surface area contributed by atoms with Gasteiger partial charge in [-0.15, -0.1) is 0 Å². The molecule has 1 saturated heterocycles. The molecule has 1 N–H and O–H groups in total. The fourth-order valence-electron chi connectivity index (χ4n) is 3.73. The molecule has 1 aliphatic rings. The van der Waals surface area contributed by atoms with Gasteiger partial charge in [-0.3, -0.25) is 0 Å². The molecule has 6 nitrogen and oxygen atoms in total. The number of benzene rings is 2. The Morgan fingerprint density at radius 1 is 1.19 bits per heavy atom. The highest BCUT2D eigenvalue weighted by molar-refractivity contribution is 7.09. The lowest BCUT2D eigenvalue weighted by Gasteiger charge is -2.39. The van der Waals surface area contributed by atoms with Crippen molar-refractivity contribution < 1.29 is 9.18 Å². The summed E-state index contributed by atoms with van der Waals surface area (Å²) >= 11 is 1.37. The van der Waals surface area contributed by atoms with Gasteiger partial charge in [0.1, 0.15) is 11.6 Å². The van der Waals surface area contributed by atoms with Crippen molar-refractivity contribution in [3.8, 4) is 0 Å². The molecule has 0 spiro atoms. The van der Waals surface area contributed by atoms with E-state index in [1.165, 1.54) is 29.2 Å². The molecule has 0 aliphatic carbocycles. The Bertz CT molecular complexity index is 1040. The maximum Gasteiger partial charge on any atom is 0.322 e. The Morgan fingerprint density at radius 2 is 2.00 bits per heavy atom. The monoisotopic (exact) mass is 439 g/mol. The first-order valence-electron chi connectivity index (χ1n) is 10.5. The van der Waals surface area contributed by atoms with Crippen LogP contribution in [0.5, 0.6) is 0 Å². The molecule has 2 aromatic carbocycles. The molecule has 1 unspecified atom stereocenters. The number of carbonyl (C=O) groups is 1. The third-order valence-corrected chi connectivity index (χ3v) is 6.29. The van der Waals surface area contributed by atoms with Gasteiger partial charge in [-0.1, -0.05) is 31.2 Å². The zero-order valence-electron chi connectivity index (χ0n) is 17.7. The van der Waals surface area contributed by atoms with E-state index in [0.717, 1.165) is 28.6 Å². The third-order valence-electron chi connectivity index (χ3n) is 5.48. The summed E-state index contributed by atoms with van der Waals surface area (Å²) in [5.74, 6) is 0.486. The molecular weight excluding hydrogens is 413 g/mol. The predicted molar refractivity (Wildman–Crippen MR) is 122 cm³/mol. The molecule has 0 saturated carbocycles. The summed E-state index contributed by atoms with van der Waals surface area (Å²) in [7, 11) is 0. The first-order chi connectivity index (χ1) is 15.0. The number of anilines is 2. The van der Waals surface area contributed by atoms with Crippen molar-refractivity contribution in [2.24, 2.45) is 0 Å². The fraction of sp³-hybridized carbons (Fsp3) is 0.348. The Labute approximate surface area is 185 Å². The smallest absolute Gasteiger partial charge is 0.322 e. The molecule has 31 heavy (non-hydrogen) atoms. The van der Waals surface area contributed by atoms with E-state index in [2.05, 4.69) is 39.5 Å². The second-order valence-corrected chi connectivity index (χ2v) is 8.50. The highest BCUT2D eigenvalue weighted by Gasteiger charge is 2.29. The Morgan fingerprint density at radius 3 is 2.74 bits per heavy atom. The van der Waals surface area contributed by atoms with Gasteiger partial charge in [0.05, 0.1) is 0 Å². The number of hydrogen-bond donors (Lipinski definition) is 1. The van der Waals surface area contributed by atoms with Gasteiger partial charge in [-0.25, -0.2) is 14.2 Å². The van der Waals surface area contributed by atoms with Crippen LogP contribution < -0.4 is 10.2 Å². The topological polar surface area (TPSA) is 61.4 Å². The van der Waals surface area contributed by atoms with Crippen molar-refractivity contribution in [2.75, 3.05) is 29.9 Å². The van der Waals surface area contributed by atoms with Crippen LogP contribution in [0.4, 0.5) is 20.0 Å². The normalized spacial score (nSPS) is 16.4. The Hall–Kier alpha value is -3.00. The number of aromatic nitrogens is 2. The first kappa shape index (κ1) is 21.2. The molecule has 162 valence electrons. The van der Waals surface area contributed by atoms with Crippen LogP contribution in [0.3, 0.4) is 0 Å². The van der Waals surface area contributed by atoms with E-state index in [1.807, 2.05) is 23.1 Å². The zero-order valence-corrected chi connectivity index (χ0v) is 18.5. The standard InChI is InChI=1S/C23H26FN5OS/c1-3-17-5-4-6-20(13-17)25-22(30)29-12-11-28(15-16(29)2)23-26-21(27-31-23)14-18-7-9-19(24)10-8-18/h4-10,13,16H,3,11-12,14-15H2,1-2H3,(H,25,30). The van der Waals surface area contributed by atoms with Gasteiger partial charge in [-0.2, -0.15) is 4.37 Å². The number of halogens is 1. The number of aryl methyl sites for hydroxylation is 1. The van der Waals surface area contributed by atoms with Gasteiger partial charge in [0.15, 0.2) is 0 Å². The van der Waals surface area contributed by atoms with E-state index < -0.39 is 0 Å². The van der Waals surface area contributed by atoms with Crippen molar-refractivity contribution in [3.63, 3.8) is 0 Å². The maximum atomic E-state index is 13.1. The van der Waals surface area contributed by atoms with Crippen LogP contribution in [0.25, 0.3) is 0 Å². The minimum absolute atomic E-state index is 0.0487. The number of nitrogens with one attached hydrogen (secondary N) is 1. The maximum absolute atomic E-state index is 13.1. The molecule has 3 aromatic rings. The number of urea groups is 1. The lowest BCUT2D eigenvalue weighted by atomic mass is 10.1. The quantitative estimate of drug-likeness (QED) is 0.633. The summed E-state index contributed by atoms with van der Waals surface area (Å²) in [4.78, 5) is 21.5. The van der Waals surface area contributed by atoms with Crippen molar-refractivity contribution in [2.45, 2.75) is 32.7 Å². The van der Waals surface area contributed by atoms with Gasteiger partial charge in [-0.05, 0) is 48.7 Å². The van der Waals surface area contributed by atoms with Crippen LogP contribution >= 0.6 is 11.5 Å². The number of hydrogen-bond acceptors (Lipinski definition) is 5. The van der Waals surface area contributed by atoms with Crippen molar-refractivity contribution in [1.82, 2.24) is 14.3 Å².